The van der Waals surface area contributed by atoms with Gasteiger partial charge < -0.3 is 9.53 Å². The number of Topliss-reactive ketones (excluding diaryl/α,β-unsaturated/α-hetero) is 1. The van der Waals surface area contributed by atoms with E-state index in [1.54, 1.807) is 0 Å². The van der Waals surface area contributed by atoms with Crippen molar-refractivity contribution in [2.45, 2.75) is 33.0 Å². The van der Waals surface area contributed by atoms with E-state index < -0.39 is 6.10 Å². The molecule has 0 spiro atoms. The number of benzene rings is 1. The van der Waals surface area contributed by atoms with E-state index in [4.69, 9.17) is 4.74 Å². The van der Waals surface area contributed by atoms with Crippen LogP contribution in [0.2, 0.25) is 0 Å². The van der Waals surface area contributed by atoms with Gasteiger partial charge in [-0.3, -0.25) is 4.79 Å². The van der Waals surface area contributed by atoms with Gasteiger partial charge in [0.1, 0.15) is 18.2 Å². The summed E-state index contributed by atoms with van der Waals surface area (Å²) in [7, 11) is 0. The van der Waals surface area contributed by atoms with Crippen molar-refractivity contribution >= 4 is 12.1 Å². The lowest BCUT2D eigenvalue weighted by atomic mass is 10.0. The lowest BCUT2D eigenvalue weighted by Crippen LogP contribution is -2.21. The zero-order chi connectivity index (χ0) is 12.7. The molecule has 0 fully saturated rings. The fourth-order valence-corrected chi connectivity index (χ4v) is 1.36. The van der Waals surface area contributed by atoms with Gasteiger partial charge in [0.15, 0.2) is 0 Å². The summed E-state index contributed by atoms with van der Waals surface area (Å²) in [4.78, 5) is 22.3. The van der Waals surface area contributed by atoms with Crippen molar-refractivity contribution in [3.8, 4) is 0 Å². The normalized spacial score (nSPS) is 12.4. The second-order valence-corrected chi connectivity index (χ2v) is 4.30. The maximum absolute atomic E-state index is 11.5. The summed E-state index contributed by atoms with van der Waals surface area (Å²) in [5.41, 5.74) is 0.997. The summed E-state index contributed by atoms with van der Waals surface area (Å²) >= 11 is 0. The highest BCUT2D eigenvalue weighted by molar-refractivity contribution is 5.83. The Hall–Kier alpha value is -1.48. The van der Waals surface area contributed by atoms with Gasteiger partial charge in [-0.25, -0.2) is 0 Å². The third kappa shape index (κ3) is 4.91. The van der Waals surface area contributed by atoms with Crippen molar-refractivity contribution < 1.29 is 14.3 Å². The highest BCUT2D eigenvalue weighted by atomic mass is 16.5. The Bertz CT molecular complexity index is 357. The Kier molecular flexibility index (Phi) is 5.57. The minimum absolute atomic E-state index is 0.0511. The molecule has 0 bridgehead atoms. The van der Waals surface area contributed by atoms with Crippen LogP contribution in [0.15, 0.2) is 30.3 Å². The molecule has 0 aliphatic carbocycles. The Morgan fingerprint density at radius 1 is 1.29 bits per heavy atom. The van der Waals surface area contributed by atoms with E-state index in [2.05, 4.69) is 0 Å². The summed E-state index contributed by atoms with van der Waals surface area (Å²) in [6.45, 7) is 4.00. The zero-order valence-electron chi connectivity index (χ0n) is 10.3. The van der Waals surface area contributed by atoms with Crippen LogP contribution in [0, 0.1) is 5.92 Å². The minimum atomic E-state index is -0.634. The van der Waals surface area contributed by atoms with Crippen molar-refractivity contribution in [1.29, 1.82) is 0 Å². The maximum atomic E-state index is 11.5. The van der Waals surface area contributed by atoms with Crippen LogP contribution < -0.4 is 0 Å². The number of hydrogen-bond acceptors (Lipinski definition) is 3. The Morgan fingerprint density at radius 2 is 1.94 bits per heavy atom. The van der Waals surface area contributed by atoms with Gasteiger partial charge in [0, 0.05) is 12.3 Å². The van der Waals surface area contributed by atoms with Crippen LogP contribution in [0.25, 0.3) is 0 Å². The molecule has 0 saturated carbocycles. The summed E-state index contributed by atoms with van der Waals surface area (Å²) in [5, 5.41) is 0. The molecule has 17 heavy (non-hydrogen) atoms. The number of hydrogen-bond donors (Lipinski definition) is 0. The highest BCUT2D eigenvalue weighted by Crippen LogP contribution is 2.08. The molecule has 1 aromatic rings. The Labute approximate surface area is 102 Å². The fraction of sp³-hybridized carbons (Fsp3) is 0.429. The predicted molar refractivity (Wildman–Crippen MR) is 65.5 cm³/mol. The summed E-state index contributed by atoms with van der Waals surface area (Å²) in [6, 6.07) is 9.59. The zero-order valence-corrected chi connectivity index (χ0v) is 10.3. The number of carbonyl (C=O) groups excluding carboxylic acids is 2. The van der Waals surface area contributed by atoms with Crippen molar-refractivity contribution in [3.63, 3.8) is 0 Å². The molecule has 0 aromatic heterocycles. The second kappa shape index (κ2) is 6.97. The average Bonchev–Trinajstić information content (AvgIpc) is 2.35. The third-order valence-corrected chi connectivity index (χ3v) is 2.51. The summed E-state index contributed by atoms with van der Waals surface area (Å²) in [5.74, 6) is -0.00654. The molecule has 0 aliphatic heterocycles. The number of aldehydes is 1. The molecule has 1 aromatic carbocycles. The Balaban J connectivity index is 2.43. The van der Waals surface area contributed by atoms with Crippen LogP contribution >= 0.6 is 0 Å². The summed E-state index contributed by atoms with van der Waals surface area (Å²) in [6.07, 6.45) is 0.224. The molecule has 92 valence electrons. The highest BCUT2D eigenvalue weighted by Gasteiger charge is 2.16. The van der Waals surface area contributed by atoms with Crippen LogP contribution in [0.3, 0.4) is 0 Å². The first-order valence-electron chi connectivity index (χ1n) is 5.77. The molecule has 0 radical (unpaired) electrons. The molecule has 3 heteroatoms. The van der Waals surface area contributed by atoms with E-state index in [1.807, 2.05) is 44.2 Å². The minimum Gasteiger partial charge on any atom is -0.366 e. The number of ether oxygens (including phenoxy) is 1. The van der Waals surface area contributed by atoms with Crippen molar-refractivity contribution in [2.24, 2.45) is 5.92 Å². The Morgan fingerprint density at radius 3 is 2.47 bits per heavy atom. The van der Waals surface area contributed by atoms with Gasteiger partial charge in [-0.15, -0.1) is 0 Å². The third-order valence-electron chi connectivity index (χ3n) is 2.51. The summed E-state index contributed by atoms with van der Waals surface area (Å²) < 4.78 is 5.41. The van der Waals surface area contributed by atoms with Gasteiger partial charge in [0.05, 0.1) is 6.61 Å². The molecule has 3 nitrogen and oxygen atoms in total. The van der Waals surface area contributed by atoms with Gasteiger partial charge in [0.25, 0.3) is 0 Å². The van der Waals surface area contributed by atoms with Crippen molar-refractivity contribution in [3.05, 3.63) is 35.9 Å². The fourth-order valence-electron chi connectivity index (χ4n) is 1.36. The number of ketones is 1. The molecule has 1 atom stereocenters. The van der Waals surface area contributed by atoms with Gasteiger partial charge in [-0.1, -0.05) is 44.2 Å². The first-order chi connectivity index (χ1) is 8.13. The largest absolute Gasteiger partial charge is 0.366 e. The molecular formula is C14H18O3. The van der Waals surface area contributed by atoms with E-state index in [0.29, 0.717) is 12.9 Å². The van der Waals surface area contributed by atoms with Crippen LogP contribution in [0.4, 0.5) is 0 Å². The molecule has 0 amide bonds. The number of rotatable bonds is 7. The van der Waals surface area contributed by atoms with Gasteiger partial charge in [0.2, 0.25) is 0 Å². The SMILES string of the molecule is CC(C)C(=O)C[C@@H](C=O)OCc1ccccc1. The molecule has 0 unspecified atom stereocenters. The molecule has 0 saturated heterocycles. The second-order valence-electron chi connectivity index (χ2n) is 4.30. The molecule has 0 heterocycles. The van der Waals surface area contributed by atoms with Crippen LogP contribution in [-0.2, 0) is 20.9 Å². The first kappa shape index (κ1) is 13.6. The van der Waals surface area contributed by atoms with Gasteiger partial charge >= 0.3 is 0 Å². The maximum Gasteiger partial charge on any atom is 0.149 e. The van der Waals surface area contributed by atoms with E-state index in [-0.39, 0.29) is 18.1 Å². The molecular weight excluding hydrogens is 216 g/mol. The van der Waals surface area contributed by atoms with E-state index in [1.165, 1.54) is 0 Å². The predicted octanol–water partition coefficient (Wildman–Crippen LogP) is 2.39. The van der Waals surface area contributed by atoms with Crippen molar-refractivity contribution in [2.75, 3.05) is 0 Å². The smallest absolute Gasteiger partial charge is 0.149 e. The molecule has 0 aliphatic rings. The lowest BCUT2D eigenvalue weighted by molar-refractivity contribution is -0.130. The average molecular weight is 234 g/mol. The van der Waals surface area contributed by atoms with Gasteiger partial charge in [-0.05, 0) is 5.56 Å². The van der Waals surface area contributed by atoms with E-state index in [9.17, 15) is 9.59 Å². The first-order valence-corrected chi connectivity index (χ1v) is 5.77. The standard InChI is InChI=1S/C14H18O3/c1-11(2)14(16)8-13(9-15)17-10-12-6-4-3-5-7-12/h3-7,9,11,13H,8,10H2,1-2H3/t13-/m0/s1. The van der Waals surface area contributed by atoms with Gasteiger partial charge in [-0.2, -0.15) is 0 Å². The van der Waals surface area contributed by atoms with Crippen LogP contribution in [-0.4, -0.2) is 18.2 Å². The number of carbonyl (C=O) groups is 2. The van der Waals surface area contributed by atoms with E-state index >= 15 is 0 Å². The topological polar surface area (TPSA) is 43.4 Å². The van der Waals surface area contributed by atoms with Crippen molar-refractivity contribution in [1.82, 2.24) is 0 Å². The molecule has 1 rings (SSSR count). The van der Waals surface area contributed by atoms with Crippen LogP contribution in [0.5, 0.6) is 0 Å². The molecule has 0 N–H and O–H groups in total. The monoisotopic (exact) mass is 234 g/mol. The lowest BCUT2D eigenvalue weighted by Gasteiger charge is -2.12. The van der Waals surface area contributed by atoms with E-state index in [0.717, 1.165) is 5.56 Å². The quantitative estimate of drug-likeness (QED) is 0.680. The van der Waals surface area contributed by atoms with Crippen LogP contribution in [0.1, 0.15) is 25.8 Å².